The maximum Gasteiger partial charge on any atom is 0.344 e. The molecular weight excluding hydrogens is 396 g/mol. The first-order valence-corrected chi connectivity index (χ1v) is 9.58. The van der Waals surface area contributed by atoms with Crippen LogP contribution in [0.5, 0.6) is 11.5 Å². The number of carbonyl (C=O) groups excluding carboxylic acids is 2. The Morgan fingerprint density at radius 1 is 1.00 bits per heavy atom. The van der Waals surface area contributed by atoms with Gasteiger partial charge in [0.25, 0.3) is 5.91 Å². The molecule has 0 radical (unpaired) electrons. The van der Waals surface area contributed by atoms with Gasteiger partial charge in [-0.3, -0.25) is 4.79 Å². The van der Waals surface area contributed by atoms with E-state index in [4.69, 9.17) is 19.5 Å². The van der Waals surface area contributed by atoms with E-state index in [9.17, 15) is 9.59 Å². The molecule has 0 bridgehead atoms. The molecule has 3 aromatic rings. The molecule has 0 saturated carbocycles. The summed E-state index contributed by atoms with van der Waals surface area (Å²) in [5, 5.41) is 11.1. The molecular formula is C24H22N2O5. The first kappa shape index (κ1) is 21.7. The second kappa shape index (κ2) is 10.1. The zero-order valence-electron chi connectivity index (χ0n) is 17.3. The van der Waals surface area contributed by atoms with Crippen LogP contribution in [0.3, 0.4) is 0 Å². The summed E-state index contributed by atoms with van der Waals surface area (Å²) in [5.74, 6) is 0.0588. The Bertz CT molecular complexity index is 1140. The molecule has 0 fully saturated rings. The smallest absolute Gasteiger partial charge is 0.344 e. The van der Waals surface area contributed by atoms with E-state index in [0.29, 0.717) is 17.9 Å². The van der Waals surface area contributed by atoms with Gasteiger partial charge in [0, 0.05) is 13.6 Å². The fourth-order valence-corrected chi connectivity index (χ4v) is 2.98. The molecule has 158 valence electrons. The summed E-state index contributed by atoms with van der Waals surface area (Å²) in [5.41, 5.74) is 1.27. The number of esters is 1. The maximum absolute atomic E-state index is 12.3. The molecule has 0 aromatic heterocycles. The Balaban J connectivity index is 1.49. The van der Waals surface area contributed by atoms with Gasteiger partial charge in [-0.25, -0.2) is 4.79 Å². The van der Waals surface area contributed by atoms with Gasteiger partial charge in [-0.05, 0) is 46.7 Å². The van der Waals surface area contributed by atoms with Crippen molar-refractivity contribution in [1.82, 2.24) is 4.90 Å². The van der Waals surface area contributed by atoms with E-state index in [1.54, 1.807) is 38.4 Å². The first-order valence-electron chi connectivity index (χ1n) is 9.58. The van der Waals surface area contributed by atoms with Gasteiger partial charge in [0.1, 0.15) is 17.6 Å². The van der Waals surface area contributed by atoms with Crippen molar-refractivity contribution in [1.29, 1.82) is 5.26 Å². The Hall–Kier alpha value is -4.05. The molecule has 3 rings (SSSR count). The zero-order valence-corrected chi connectivity index (χ0v) is 17.3. The van der Waals surface area contributed by atoms with Crippen LogP contribution in [0.25, 0.3) is 10.8 Å². The highest BCUT2D eigenvalue weighted by molar-refractivity contribution is 5.85. The monoisotopic (exact) mass is 418 g/mol. The number of hydrogen-bond acceptors (Lipinski definition) is 6. The number of ether oxygens (including phenoxy) is 3. The van der Waals surface area contributed by atoms with Crippen molar-refractivity contribution in [2.75, 3.05) is 27.4 Å². The van der Waals surface area contributed by atoms with E-state index < -0.39 is 5.97 Å². The average molecular weight is 418 g/mol. The Morgan fingerprint density at radius 2 is 1.74 bits per heavy atom. The SMILES string of the molecule is COc1ccc2cc(CN(C)C(=O)COC(=O)COc3ccccc3C#N)ccc2c1. The molecule has 0 heterocycles. The minimum absolute atomic E-state index is 0.291. The summed E-state index contributed by atoms with van der Waals surface area (Å²) in [6, 6.07) is 20.3. The predicted molar refractivity (Wildman–Crippen MR) is 115 cm³/mol. The highest BCUT2D eigenvalue weighted by Crippen LogP contribution is 2.22. The molecule has 0 aliphatic carbocycles. The van der Waals surface area contributed by atoms with Crippen LogP contribution >= 0.6 is 0 Å². The van der Waals surface area contributed by atoms with Crippen molar-refractivity contribution in [3.05, 3.63) is 71.8 Å². The Kier molecular flexibility index (Phi) is 7.07. The van der Waals surface area contributed by atoms with Gasteiger partial charge in [0.2, 0.25) is 0 Å². The molecule has 1 amide bonds. The van der Waals surface area contributed by atoms with Crippen molar-refractivity contribution < 1.29 is 23.8 Å². The van der Waals surface area contributed by atoms with Gasteiger partial charge in [-0.1, -0.05) is 30.3 Å². The minimum Gasteiger partial charge on any atom is -0.497 e. The first-order chi connectivity index (χ1) is 15.0. The lowest BCUT2D eigenvalue weighted by atomic mass is 10.1. The standard InChI is InChI=1S/C24H22N2O5/c1-26(14-17-7-8-19-12-21(29-2)10-9-18(19)11-17)23(27)15-31-24(28)16-30-22-6-4-3-5-20(22)13-25/h3-12H,14-16H2,1-2H3. The molecule has 7 heteroatoms. The number of methoxy groups -OCH3 is 1. The molecule has 7 nitrogen and oxygen atoms in total. The number of rotatable bonds is 8. The molecule has 0 saturated heterocycles. The highest BCUT2D eigenvalue weighted by atomic mass is 16.6. The number of amides is 1. The van der Waals surface area contributed by atoms with Crippen molar-refractivity contribution in [2.45, 2.75) is 6.54 Å². The number of nitrogens with zero attached hydrogens (tertiary/aromatic N) is 2. The van der Waals surface area contributed by atoms with Crippen molar-refractivity contribution >= 4 is 22.6 Å². The zero-order chi connectivity index (χ0) is 22.2. The van der Waals surface area contributed by atoms with E-state index in [2.05, 4.69) is 0 Å². The Labute approximate surface area is 180 Å². The van der Waals surface area contributed by atoms with E-state index in [1.807, 2.05) is 42.5 Å². The largest absolute Gasteiger partial charge is 0.497 e. The lowest BCUT2D eigenvalue weighted by Crippen LogP contribution is -2.31. The molecule has 0 unspecified atom stereocenters. The van der Waals surface area contributed by atoms with Crippen LogP contribution in [-0.4, -0.2) is 44.1 Å². The van der Waals surface area contributed by atoms with Gasteiger partial charge in [-0.2, -0.15) is 5.26 Å². The maximum atomic E-state index is 12.3. The minimum atomic E-state index is -0.686. The summed E-state index contributed by atoms with van der Waals surface area (Å²) in [6.07, 6.45) is 0. The second-order valence-electron chi connectivity index (χ2n) is 6.85. The van der Waals surface area contributed by atoms with E-state index in [0.717, 1.165) is 22.1 Å². The van der Waals surface area contributed by atoms with Gasteiger partial charge < -0.3 is 19.1 Å². The third kappa shape index (κ3) is 5.73. The van der Waals surface area contributed by atoms with Crippen LogP contribution in [0.2, 0.25) is 0 Å². The number of nitriles is 1. The van der Waals surface area contributed by atoms with Gasteiger partial charge in [-0.15, -0.1) is 0 Å². The number of likely N-dealkylation sites (N-methyl/N-ethyl adjacent to an activating group) is 1. The van der Waals surface area contributed by atoms with Crippen LogP contribution in [0, 0.1) is 11.3 Å². The van der Waals surface area contributed by atoms with E-state index in [-0.39, 0.29) is 19.1 Å². The predicted octanol–water partition coefficient (Wildman–Crippen LogP) is 3.30. The van der Waals surface area contributed by atoms with Crippen LogP contribution < -0.4 is 9.47 Å². The van der Waals surface area contributed by atoms with Crippen LogP contribution in [-0.2, 0) is 20.9 Å². The van der Waals surface area contributed by atoms with Gasteiger partial charge in [0.05, 0.1) is 12.7 Å². The fraction of sp³-hybridized carbons (Fsp3) is 0.208. The number of fused-ring (bicyclic) bond motifs is 1. The van der Waals surface area contributed by atoms with Crippen LogP contribution in [0.15, 0.2) is 60.7 Å². The quantitative estimate of drug-likeness (QED) is 0.522. The number of benzene rings is 3. The molecule has 0 aliphatic heterocycles. The van der Waals surface area contributed by atoms with Crippen molar-refractivity contribution in [2.24, 2.45) is 0 Å². The Morgan fingerprint density at radius 3 is 2.52 bits per heavy atom. The third-order valence-electron chi connectivity index (χ3n) is 4.67. The second-order valence-corrected chi connectivity index (χ2v) is 6.85. The molecule has 0 N–H and O–H groups in total. The normalized spacial score (nSPS) is 10.2. The highest BCUT2D eigenvalue weighted by Gasteiger charge is 2.14. The lowest BCUT2D eigenvalue weighted by Gasteiger charge is -2.17. The number of hydrogen-bond donors (Lipinski definition) is 0. The molecule has 0 aliphatic rings. The molecule has 0 spiro atoms. The summed E-state index contributed by atoms with van der Waals surface area (Å²) >= 11 is 0. The van der Waals surface area contributed by atoms with Crippen molar-refractivity contribution in [3.63, 3.8) is 0 Å². The summed E-state index contributed by atoms with van der Waals surface area (Å²) in [7, 11) is 3.27. The summed E-state index contributed by atoms with van der Waals surface area (Å²) < 4.78 is 15.5. The molecule has 0 atom stereocenters. The molecule has 31 heavy (non-hydrogen) atoms. The summed E-state index contributed by atoms with van der Waals surface area (Å²) in [4.78, 5) is 25.7. The van der Waals surface area contributed by atoms with Crippen molar-refractivity contribution in [3.8, 4) is 17.6 Å². The number of para-hydroxylation sites is 1. The van der Waals surface area contributed by atoms with Crippen LogP contribution in [0.1, 0.15) is 11.1 Å². The number of carbonyl (C=O) groups is 2. The van der Waals surface area contributed by atoms with E-state index >= 15 is 0 Å². The van der Waals surface area contributed by atoms with Gasteiger partial charge in [0.15, 0.2) is 13.2 Å². The van der Waals surface area contributed by atoms with Gasteiger partial charge >= 0.3 is 5.97 Å². The summed E-state index contributed by atoms with van der Waals surface area (Å²) in [6.45, 7) is -0.391. The molecule has 3 aromatic carbocycles. The third-order valence-corrected chi connectivity index (χ3v) is 4.67. The van der Waals surface area contributed by atoms with E-state index in [1.165, 1.54) is 4.90 Å². The fourth-order valence-electron chi connectivity index (χ4n) is 2.98. The lowest BCUT2D eigenvalue weighted by molar-refractivity contribution is -0.153. The van der Waals surface area contributed by atoms with Crippen LogP contribution in [0.4, 0.5) is 0 Å². The average Bonchev–Trinajstić information content (AvgIpc) is 2.80. The topological polar surface area (TPSA) is 88.9 Å².